The second-order valence-corrected chi connectivity index (χ2v) is 11.4. The van der Waals surface area contributed by atoms with Crippen LogP contribution in [0.1, 0.15) is 48.3 Å². The third-order valence-corrected chi connectivity index (χ3v) is 8.42. The Labute approximate surface area is 259 Å². The highest BCUT2D eigenvalue weighted by Crippen LogP contribution is 2.32. The summed E-state index contributed by atoms with van der Waals surface area (Å²) in [5.41, 5.74) is 2.47. The van der Waals surface area contributed by atoms with E-state index in [4.69, 9.17) is 14.2 Å². The van der Waals surface area contributed by atoms with Gasteiger partial charge in [0, 0.05) is 3.57 Å². The first kappa shape index (κ1) is 29.5. The molecule has 0 unspecified atom stereocenters. The Hall–Kier alpha value is -4.03. The van der Waals surface area contributed by atoms with E-state index in [1.54, 1.807) is 54.8 Å². The van der Waals surface area contributed by atoms with Crippen molar-refractivity contribution in [1.29, 1.82) is 0 Å². The van der Waals surface area contributed by atoms with Crippen LogP contribution in [0.4, 0.5) is 0 Å². The maximum Gasteiger partial charge on any atom is 0.344 e. The van der Waals surface area contributed by atoms with E-state index >= 15 is 0 Å². The lowest BCUT2D eigenvalue weighted by Gasteiger charge is -2.24. The third-order valence-electron chi connectivity index (χ3n) is 6.49. The number of carbonyl (C=O) groups excluding carboxylic acids is 2. The molecule has 0 N–H and O–H groups in total. The molecule has 0 radical (unpaired) electrons. The molecule has 0 aliphatic carbocycles. The first-order chi connectivity index (χ1) is 20.3. The van der Waals surface area contributed by atoms with E-state index in [1.807, 2.05) is 49.4 Å². The van der Waals surface area contributed by atoms with Gasteiger partial charge in [0.1, 0.15) is 0 Å². The molecule has 0 amide bonds. The number of esters is 2. The van der Waals surface area contributed by atoms with E-state index in [0.29, 0.717) is 44.1 Å². The van der Waals surface area contributed by atoms with Crippen molar-refractivity contribution in [3.05, 3.63) is 124 Å². The molecule has 1 aliphatic heterocycles. The Kier molecular flexibility index (Phi) is 9.03. The van der Waals surface area contributed by atoms with E-state index < -0.39 is 18.0 Å². The topological polar surface area (TPSA) is 96.2 Å². The predicted molar refractivity (Wildman–Crippen MR) is 169 cm³/mol. The van der Waals surface area contributed by atoms with Crippen LogP contribution in [-0.2, 0) is 9.53 Å². The molecule has 0 spiro atoms. The molecular formula is C32H27IN2O6S. The lowest BCUT2D eigenvalue weighted by Crippen LogP contribution is -2.39. The maximum absolute atomic E-state index is 13.9. The molecule has 42 heavy (non-hydrogen) atoms. The lowest BCUT2D eigenvalue weighted by atomic mass is 9.96. The molecule has 0 saturated carbocycles. The largest absolute Gasteiger partial charge is 0.490 e. The minimum Gasteiger partial charge on any atom is -0.490 e. The summed E-state index contributed by atoms with van der Waals surface area (Å²) in [6.07, 6.45) is 1.74. The van der Waals surface area contributed by atoms with Gasteiger partial charge in [0.25, 0.3) is 5.56 Å². The van der Waals surface area contributed by atoms with Crippen molar-refractivity contribution in [3.63, 3.8) is 0 Å². The number of carbonyl (C=O) groups is 2. The fourth-order valence-corrected chi connectivity index (χ4v) is 6.30. The van der Waals surface area contributed by atoms with Gasteiger partial charge in [0.15, 0.2) is 16.3 Å². The van der Waals surface area contributed by atoms with Gasteiger partial charge in [-0.2, -0.15) is 0 Å². The van der Waals surface area contributed by atoms with Crippen molar-refractivity contribution in [3.8, 4) is 11.5 Å². The Morgan fingerprint density at radius 2 is 1.71 bits per heavy atom. The number of aromatic nitrogens is 1. The Balaban J connectivity index is 1.56. The van der Waals surface area contributed by atoms with Crippen molar-refractivity contribution in [1.82, 2.24) is 4.57 Å². The maximum atomic E-state index is 13.9. The number of halogens is 1. The summed E-state index contributed by atoms with van der Waals surface area (Å²) in [5, 5.41) is 0. The van der Waals surface area contributed by atoms with E-state index in [-0.39, 0.29) is 17.9 Å². The quantitative estimate of drug-likeness (QED) is 0.146. The molecule has 214 valence electrons. The molecule has 10 heteroatoms. The standard InChI is InChI=1S/C32H27IN2O6S/c1-4-39-25-17-20(15-16-24(25)41-30(37)22-13-9-10-14-23(22)33)18-26-29(36)35-28(21-11-7-6-8-12-21)27(31(38)40-5-2)19(3)34-32(35)42-26/h6-18,28H,4-5H2,1-3H3/b26-18-/t28-/m1/s1. The van der Waals surface area contributed by atoms with Crippen molar-refractivity contribution in [2.45, 2.75) is 26.8 Å². The molecule has 0 fully saturated rings. The van der Waals surface area contributed by atoms with Gasteiger partial charge >= 0.3 is 11.9 Å². The van der Waals surface area contributed by atoms with Crippen molar-refractivity contribution >= 4 is 51.9 Å². The second-order valence-electron chi connectivity index (χ2n) is 9.22. The summed E-state index contributed by atoms with van der Waals surface area (Å²) in [6.45, 7) is 5.89. The molecule has 5 rings (SSSR count). The van der Waals surface area contributed by atoms with Gasteiger partial charge in [-0.05, 0) is 84.8 Å². The van der Waals surface area contributed by atoms with Crippen molar-refractivity contribution in [2.75, 3.05) is 13.2 Å². The fraction of sp³-hybridized carbons (Fsp3) is 0.188. The van der Waals surface area contributed by atoms with Gasteiger partial charge < -0.3 is 14.2 Å². The molecule has 4 aromatic rings. The Morgan fingerprint density at radius 3 is 2.43 bits per heavy atom. The van der Waals surface area contributed by atoms with E-state index in [9.17, 15) is 14.4 Å². The summed E-state index contributed by atoms with van der Waals surface area (Å²) in [6, 6.07) is 21.0. The van der Waals surface area contributed by atoms with Crippen LogP contribution in [0.3, 0.4) is 0 Å². The zero-order valence-electron chi connectivity index (χ0n) is 23.1. The number of hydrogen-bond donors (Lipinski definition) is 0. The molecule has 0 bridgehead atoms. The number of benzene rings is 3. The summed E-state index contributed by atoms with van der Waals surface area (Å²) >= 11 is 3.32. The predicted octanol–water partition coefficient (Wildman–Crippen LogP) is 5.02. The van der Waals surface area contributed by atoms with Crippen LogP contribution in [0, 0.1) is 3.57 Å². The normalized spacial score (nSPS) is 14.7. The number of fused-ring (bicyclic) bond motifs is 1. The van der Waals surface area contributed by atoms with Crippen molar-refractivity contribution in [2.24, 2.45) is 4.99 Å². The van der Waals surface area contributed by atoms with Gasteiger partial charge in [-0.3, -0.25) is 9.36 Å². The third kappa shape index (κ3) is 5.95. The van der Waals surface area contributed by atoms with Crippen molar-refractivity contribution < 1.29 is 23.8 Å². The van der Waals surface area contributed by atoms with Gasteiger partial charge in [0.05, 0.1) is 40.6 Å². The number of rotatable bonds is 8. The minimum atomic E-state index is -0.676. The molecule has 8 nitrogen and oxygen atoms in total. The summed E-state index contributed by atoms with van der Waals surface area (Å²) in [7, 11) is 0. The summed E-state index contributed by atoms with van der Waals surface area (Å²) in [4.78, 5) is 44.8. The van der Waals surface area contributed by atoms with Crippen LogP contribution < -0.4 is 24.4 Å². The van der Waals surface area contributed by atoms with Gasteiger partial charge in [-0.15, -0.1) is 0 Å². The monoisotopic (exact) mass is 694 g/mol. The van der Waals surface area contributed by atoms with E-state index in [0.717, 1.165) is 9.13 Å². The molecular weight excluding hydrogens is 667 g/mol. The first-order valence-electron chi connectivity index (χ1n) is 13.3. The van der Waals surface area contributed by atoms with Crippen LogP contribution in [0.15, 0.2) is 93.9 Å². The molecule has 2 heterocycles. The smallest absolute Gasteiger partial charge is 0.344 e. The molecule has 3 aromatic carbocycles. The minimum absolute atomic E-state index is 0.208. The number of ether oxygens (including phenoxy) is 3. The van der Waals surface area contributed by atoms with Gasteiger partial charge in [-0.1, -0.05) is 59.9 Å². The molecule has 1 aromatic heterocycles. The zero-order chi connectivity index (χ0) is 29.8. The fourth-order valence-electron chi connectivity index (χ4n) is 4.64. The Bertz CT molecular complexity index is 1880. The van der Waals surface area contributed by atoms with Crippen LogP contribution in [-0.4, -0.2) is 29.7 Å². The number of nitrogens with zero attached hydrogens (tertiary/aromatic N) is 2. The molecule has 1 atom stereocenters. The van der Waals surface area contributed by atoms with Gasteiger partial charge in [0.2, 0.25) is 0 Å². The average Bonchev–Trinajstić information content (AvgIpc) is 3.28. The highest BCUT2D eigenvalue weighted by molar-refractivity contribution is 14.1. The Morgan fingerprint density at radius 1 is 0.976 bits per heavy atom. The summed E-state index contributed by atoms with van der Waals surface area (Å²) < 4.78 is 19.6. The van der Waals surface area contributed by atoms with E-state index in [2.05, 4.69) is 27.6 Å². The van der Waals surface area contributed by atoms with Crippen LogP contribution in [0.25, 0.3) is 6.08 Å². The van der Waals surface area contributed by atoms with Crippen LogP contribution in [0.5, 0.6) is 11.5 Å². The number of allylic oxidation sites excluding steroid dienone is 1. The molecule has 0 saturated heterocycles. The average molecular weight is 695 g/mol. The van der Waals surface area contributed by atoms with Crippen LogP contribution in [0.2, 0.25) is 0 Å². The second kappa shape index (κ2) is 12.9. The SMILES string of the molecule is CCOC(=O)C1=C(C)N=c2s/c(=C\c3ccc(OC(=O)c4ccccc4I)c(OCC)c3)c(=O)n2[C@@H]1c1ccccc1. The highest BCUT2D eigenvalue weighted by Gasteiger charge is 2.33. The molecule has 1 aliphatic rings. The van der Waals surface area contributed by atoms with E-state index in [1.165, 1.54) is 11.3 Å². The number of hydrogen-bond acceptors (Lipinski definition) is 8. The number of thiazole rings is 1. The van der Waals surface area contributed by atoms with Crippen LogP contribution >= 0.6 is 33.9 Å². The van der Waals surface area contributed by atoms with Gasteiger partial charge in [-0.25, -0.2) is 14.6 Å². The summed E-state index contributed by atoms with van der Waals surface area (Å²) in [5.74, 6) is -0.339. The zero-order valence-corrected chi connectivity index (χ0v) is 26.1. The first-order valence-corrected chi connectivity index (χ1v) is 15.2. The lowest BCUT2D eigenvalue weighted by molar-refractivity contribution is -0.139. The highest BCUT2D eigenvalue weighted by atomic mass is 127.